The average Bonchev–Trinajstić information content (AvgIpc) is 2.93. The number of anilines is 1. The Morgan fingerprint density at radius 2 is 1.97 bits per heavy atom. The van der Waals surface area contributed by atoms with E-state index < -0.39 is 21.8 Å². The zero-order valence-corrected chi connectivity index (χ0v) is 16.8. The minimum Gasteiger partial charge on any atom is -0.478 e. The van der Waals surface area contributed by atoms with E-state index in [0.717, 1.165) is 18.2 Å². The van der Waals surface area contributed by atoms with Gasteiger partial charge in [-0.1, -0.05) is 6.92 Å². The van der Waals surface area contributed by atoms with Gasteiger partial charge in [0.05, 0.1) is 23.7 Å². The Morgan fingerprint density at radius 3 is 2.59 bits per heavy atom. The minimum atomic E-state index is -3.50. The molecule has 0 fully saturated rings. The third-order valence-electron chi connectivity index (χ3n) is 5.31. The van der Waals surface area contributed by atoms with E-state index in [4.69, 9.17) is 0 Å². The molecule has 1 unspecified atom stereocenters. The molecular formula is C20H20FN3O4S. The van der Waals surface area contributed by atoms with Crippen LogP contribution in [-0.4, -0.2) is 41.9 Å². The van der Waals surface area contributed by atoms with E-state index >= 15 is 0 Å². The van der Waals surface area contributed by atoms with Crippen LogP contribution in [0.15, 0.2) is 36.5 Å². The number of aromatic nitrogens is 2. The number of nitrogens with zero attached hydrogens (tertiary/aromatic N) is 3. The van der Waals surface area contributed by atoms with Gasteiger partial charge in [0.15, 0.2) is 0 Å². The van der Waals surface area contributed by atoms with Crippen molar-refractivity contribution in [3.8, 4) is 11.3 Å². The topological polar surface area (TPSA) is 92.0 Å². The van der Waals surface area contributed by atoms with Crippen LogP contribution in [0.4, 0.5) is 10.1 Å². The van der Waals surface area contributed by atoms with E-state index in [2.05, 4.69) is 5.10 Å². The molecule has 1 atom stereocenters. The largest absolute Gasteiger partial charge is 0.478 e. The number of carboxylic acid groups (broad SMARTS) is 1. The van der Waals surface area contributed by atoms with E-state index in [9.17, 15) is 22.7 Å². The summed E-state index contributed by atoms with van der Waals surface area (Å²) in [6.45, 7) is 2.36. The second-order valence-electron chi connectivity index (χ2n) is 7.36. The molecule has 152 valence electrons. The normalized spacial score (nSPS) is 17.2. The third-order valence-corrected chi connectivity index (χ3v) is 6.49. The monoisotopic (exact) mass is 417 g/mol. The van der Waals surface area contributed by atoms with Crippen LogP contribution in [0.1, 0.15) is 41.6 Å². The quantitative estimate of drug-likeness (QED) is 0.704. The van der Waals surface area contributed by atoms with Crippen molar-refractivity contribution in [2.75, 3.05) is 17.1 Å². The molecule has 1 N–H and O–H groups in total. The molecular weight excluding hydrogens is 397 g/mol. The van der Waals surface area contributed by atoms with Crippen LogP contribution < -0.4 is 4.31 Å². The van der Waals surface area contributed by atoms with Gasteiger partial charge in [-0.15, -0.1) is 0 Å². The highest BCUT2D eigenvalue weighted by molar-refractivity contribution is 7.92. The number of rotatable bonds is 3. The van der Waals surface area contributed by atoms with Gasteiger partial charge in [0, 0.05) is 12.1 Å². The maximum atomic E-state index is 13.3. The molecule has 1 aliphatic heterocycles. The number of halogens is 1. The molecule has 0 radical (unpaired) electrons. The maximum Gasteiger partial charge on any atom is 0.340 e. The lowest BCUT2D eigenvalue weighted by Crippen LogP contribution is -2.30. The van der Waals surface area contributed by atoms with Gasteiger partial charge in [-0.25, -0.2) is 22.1 Å². The van der Waals surface area contributed by atoms with Crippen molar-refractivity contribution in [2.24, 2.45) is 0 Å². The van der Waals surface area contributed by atoms with Crippen molar-refractivity contribution in [1.29, 1.82) is 0 Å². The summed E-state index contributed by atoms with van der Waals surface area (Å²) in [5.41, 5.74) is 2.33. The summed E-state index contributed by atoms with van der Waals surface area (Å²) in [5, 5.41) is 14.2. The molecule has 0 saturated carbocycles. The van der Waals surface area contributed by atoms with E-state index in [1.54, 1.807) is 12.3 Å². The number of sulfonamides is 1. The maximum absolute atomic E-state index is 13.3. The zero-order valence-electron chi connectivity index (χ0n) is 16.0. The molecule has 7 nitrogen and oxygen atoms in total. The fourth-order valence-electron chi connectivity index (χ4n) is 3.88. The summed E-state index contributed by atoms with van der Waals surface area (Å²) in [6, 6.07) is 7.15. The average molecular weight is 417 g/mol. The van der Waals surface area contributed by atoms with Gasteiger partial charge in [0.2, 0.25) is 10.0 Å². The Balaban J connectivity index is 2.02. The molecule has 0 amide bonds. The first-order chi connectivity index (χ1) is 13.7. The number of aromatic carboxylic acids is 1. The van der Waals surface area contributed by atoms with Gasteiger partial charge in [-0.3, -0.25) is 4.31 Å². The highest BCUT2D eigenvalue weighted by atomic mass is 32.2. The highest BCUT2D eigenvalue weighted by Gasteiger charge is 2.29. The Kier molecular flexibility index (Phi) is 4.57. The summed E-state index contributed by atoms with van der Waals surface area (Å²) >= 11 is 0. The zero-order chi connectivity index (χ0) is 20.9. The molecule has 3 aromatic rings. The van der Waals surface area contributed by atoms with Crippen molar-refractivity contribution in [2.45, 2.75) is 25.7 Å². The van der Waals surface area contributed by atoms with Crippen molar-refractivity contribution in [3.63, 3.8) is 0 Å². The van der Waals surface area contributed by atoms with E-state index in [1.165, 1.54) is 33.1 Å². The molecule has 1 aromatic carbocycles. The van der Waals surface area contributed by atoms with Gasteiger partial charge in [-0.05, 0) is 54.7 Å². The van der Waals surface area contributed by atoms with Crippen LogP contribution in [-0.2, 0) is 10.0 Å². The molecule has 4 rings (SSSR count). The molecule has 29 heavy (non-hydrogen) atoms. The number of pyridine rings is 1. The molecule has 0 spiro atoms. The van der Waals surface area contributed by atoms with Crippen molar-refractivity contribution in [1.82, 2.24) is 9.61 Å². The van der Waals surface area contributed by atoms with Crippen LogP contribution in [0.5, 0.6) is 0 Å². The van der Waals surface area contributed by atoms with Crippen LogP contribution in [0.3, 0.4) is 0 Å². The van der Waals surface area contributed by atoms with Crippen molar-refractivity contribution >= 4 is 27.2 Å². The van der Waals surface area contributed by atoms with Crippen LogP contribution in [0, 0.1) is 5.82 Å². The van der Waals surface area contributed by atoms with Crippen LogP contribution >= 0.6 is 0 Å². The predicted molar refractivity (Wildman–Crippen MR) is 107 cm³/mol. The fourth-order valence-corrected chi connectivity index (χ4v) is 4.85. The summed E-state index contributed by atoms with van der Waals surface area (Å²) < 4.78 is 40.7. The number of carbonyl (C=O) groups is 1. The van der Waals surface area contributed by atoms with Crippen molar-refractivity contribution < 1.29 is 22.7 Å². The van der Waals surface area contributed by atoms with Gasteiger partial charge in [-0.2, -0.15) is 5.10 Å². The summed E-state index contributed by atoms with van der Waals surface area (Å²) in [4.78, 5) is 12.0. The Morgan fingerprint density at radius 1 is 1.28 bits per heavy atom. The second-order valence-corrected chi connectivity index (χ2v) is 9.26. The van der Waals surface area contributed by atoms with E-state index in [0.29, 0.717) is 29.7 Å². The lowest BCUT2D eigenvalue weighted by molar-refractivity contribution is 0.0700. The van der Waals surface area contributed by atoms with Gasteiger partial charge in [0.1, 0.15) is 17.1 Å². The van der Waals surface area contributed by atoms with Gasteiger partial charge < -0.3 is 5.11 Å². The van der Waals surface area contributed by atoms with Crippen LogP contribution in [0.2, 0.25) is 0 Å². The number of benzene rings is 1. The molecule has 1 aliphatic rings. The Labute approximate surface area is 167 Å². The van der Waals surface area contributed by atoms with Gasteiger partial charge >= 0.3 is 5.97 Å². The lowest BCUT2D eigenvalue weighted by Gasteiger charge is -2.23. The first-order valence-corrected chi connectivity index (χ1v) is 11.0. The molecule has 0 saturated heterocycles. The molecule has 0 aliphatic carbocycles. The summed E-state index contributed by atoms with van der Waals surface area (Å²) in [5.74, 6) is -1.52. The van der Waals surface area contributed by atoms with E-state index in [1.807, 2.05) is 6.92 Å². The summed E-state index contributed by atoms with van der Waals surface area (Å²) in [7, 11) is -3.50. The molecule has 0 bridgehead atoms. The Bertz CT molecular complexity index is 1220. The lowest BCUT2D eigenvalue weighted by atomic mass is 9.96. The predicted octanol–water partition coefficient (Wildman–Crippen LogP) is 3.50. The number of hydrogen-bond acceptors (Lipinski definition) is 4. The fraction of sp³-hybridized carbons (Fsp3) is 0.300. The molecule has 2 aromatic heterocycles. The van der Waals surface area contributed by atoms with E-state index in [-0.39, 0.29) is 17.2 Å². The second kappa shape index (κ2) is 6.84. The standard InChI is InChI=1S/C20H20FN3O4S/c1-12-4-3-9-24(29(2,27)28)17-11-23-16(10-15(12)17)18(20(25)26)19(22-23)13-5-7-14(21)8-6-13/h5-8,10-12H,3-4,9H2,1-2H3,(H,25,26). The molecule has 9 heteroatoms. The smallest absolute Gasteiger partial charge is 0.340 e. The summed E-state index contributed by atoms with van der Waals surface area (Å²) in [6.07, 6.45) is 4.23. The highest BCUT2D eigenvalue weighted by Crippen LogP contribution is 2.38. The third kappa shape index (κ3) is 3.35. The minimum absolute atomic E-state index is 0.00163. The molecule has 3 heterocycles. The Hall–Kier alpha value is -2.94. The SMILES string of the molecule is CC1CCCN(S(C)(=O)=O)c2cn3nc(-c4ccc(F)cc4)c(C(=O)O)c3cc21. The number of fused-ring (bicyclic) bond motifs is 2. The number of hydrogen-bond donors (Lipinski definition) is 1. The van der Waals surface area contributed by atoms with Crippen LogP contribution in [0.25, 0.3) is 16.8 Å². The van der Waals surface area contributed by atoms with Gasteiger partial charge in [0.25, 0.3) is 0 Å². The first-order valence-electron chi connectivity index (χ1n) is 9.20. The number of carboxylic acids is 1. The van der Waals surface area contributed by atoms with Crippen molar-refractivity contribution in [3.05, 3.63) is 53.5 Å². The first kappa shape index (κ1) is 19.4.